The number of hydrogen-bond acceptors (Lipinski definition) is 5. The van der Waals surface area contributed by atoms with Crippen molar-refractivity contribution in [2.45, 2.75) is 46.8 Å². The van der Waals surface area contributed by atoms with Crippen molar-refractivity contribution in [1.82, 2.24) is 10.6 Å². The summed E-state index contributed by atoms with van der Waals surface area (Å²) in [5, 5.41) is 14.8. The van der Waals surface area contributed by atoms with E-state index in [0.717, 1.165) is 6.07 Å². The van der Waals surface area contributed by atoms with Crippen molar-refractivity contribution >= 4 is 12.0 Å². The molecule has 1 aromatic rings. The van der Waals surface area contributed by atoms with Crippen molar-refractivity contribution < 1.29 is 28.6 Å². The van der Waals surface area contributed by atoms with Crippen LogP contribution in [0.1, 0.15) is 46.2 Å². The number of amides is 2. The van der Waals surface area contributed by atoms with Gasteiger partial charge in [-0.3, -0.25) is 0 Å². The zero-order valence-corrected chi connectivity index (χ0v) is 16.3. The Balaban J connectivity index is 2.47. The number of phenolic OH excluding ortho intramolecular Hbond substituents is 1. The molecule has 2 rings (SSSR count). The number of rotatable bonds is 4. The molecule has 0 radical (unpaired) electrons. The zero-order valence-electron chi connectivity index (χ0n) is 16.3. The molecule has 148 valence electrons. The first kappa shape index (κ1) is 20.5. The highest BCUT2D eigenvalue weighted by molar-refractivity contribution is 5.95. The molecule has 0 aromatic heterocycles. The summed E-state index contributed by atoms with van der Waals surface area (Å²) in [6, 6.07) is 0.914. The van der Waals surface area contributed by atoms with Gasteiger partial charge in [-0.2, -0.15) is 0 Å². The van der Waals surface area contributed by atoms with Gasteiger partial charge in [-0.05, 0) is 37.0 Å². The number of methoxy groups -OCH3 is 1. The summed E-state index contributed by atoms with van der Waals surface area (Å²) in [6.07, 6.45) is -0.394. The molecule has 1 aliphatic rings. The number of urea groups is 1. The van der Waals surface area contributed by atoms with E-state index in [0.29, 0.717) is 5.70 Å². The Bertz CT molecular complexity index is 798. The molecule has 2 atom stereocenters. The first-order valence-corrected chi connectivity index (χ1v) is 8.51. The highest BCUT2D eigenvalue weighted by Crippen LogP contribution is 2.36. The number of benzene rings is 1. The summed E-state index contributed by atoms with van der Waals surface area (Å²) >= 11 is 0. The third kappa shape index (κ3) is 4.32. The fourth-order valence-electron chi connectivity index (χ4n) is 2.53. The summed E-state index contributed by atoms with van der Waals surface area (Å²) < 4.78 is 24.6. The van der Waals surface area contributed by atoms with Crippen LogP contribution in [-0.4, -0.2) is 30.3 Å². The lowest BCUT2D eigenvalue weighted by Gasteiger charge is -2.31. The number of phenols is 1. The molecule has 0 aliphatic carbocycles. The van der Waals surface area contributed by atoms with Gasteiger partial charge in [0.05, 0.1) is 18.7 Å². The summed E-state index contributed by atoms with van der Waals surface area (Å²) in [6.45, 7) is 9.15. The van der Waals surface area contributed by atoms with Crippen LogP contribution in [0, 0.1) is 11.2 Å². The van der Waals surface area contributed by atoms with E-state index in [2.05, 4.69) is 10.6 Å². The Morgan fingerprint density at radius 3 is 2.52 bits per heavy atom. The number of ether oxygens (including phenoxy) is 2. The molecule has 0 saturated carbocycles. The molecular weight excluding hydrogens is 355 g/mol. The molecule has 0 bridgehead atoms. The predicted octanol–water partition coefficient (Wildman–Crippen LogP) is 3.15. The van der Waals surface area contributed by atoms with E-state index < -0.39 is 35.7 Å². The molecule has 1 heterocycles. The van der Waals surface area contributed by atoms with Gasteiger partial charge in [-0.15, -0.1) is 0 Å². The predicted molar refractivity (Wildman–Crippen MR) is 96.7 cm³/mol. The highest BCUT2D eigenvalue weighted by atomic mass is 19.1. The first-order valence-electron chi connectivity index (χ1n) is 8.51. The maximum Gasteiger partial charge on any atom is 0.338 e. The highest BCUT2D eigenvalue weighted by Gasteiger charge is 2.35. The number of aromatic hydroxyl groups is 1. The number of halogens is 1. The molecule has 2 amide bonds. The van der Waals surface area contributed by atoms with Crippen molar-refractivity contribution in [2.24, 2.45) is 5.41 Å². The number of carbonyl (C=O) groups excluding carboxylic acids is 2. The minimum Gasteiger partial charge on any atom is -0.502 e. The van der Waals surface area contributed by atoms with Gasteiger partial charge >= 0.3 is 12.0 Å². The van der Waals surface area contributed by atoms with E-state index in [1.54, 1.807) is 13.8 Å². The van der Waals surface area contributed by atoms with Gasteiger partial charge in [0.2, 0.25) is 0 Å². The Kier molecular flexibility index (Phi) is 5.67. The second-order valence-electron chi connectivity index (χ2n) is 7.54. The fraction of sp³-hybridized carbons (Fsp3) is 0.474. The Hall–Kier alpha value is -2.77. The minimum atomic E-state index is -0.956. The van der Waals surface area contributed by atoms with Crippen LogP contribution >= 0.6 is 0 Å². The standard InChI is InChI=1S/C19H25FN2O5/c1-9-14(17(24)27-10(2)19(3,4)5)15(22-18(25)21-9)11-7-12(20)16(23)13(8-11)26-6/h7-8,10,15,23H,1-6H3,(H2,21,22,25). The quantitative estimate of drug-likeness (QED) is 0.697. The molecule has 8 heteroatoms. The second kappa shape index (κ2) is 7.46. The number of esters is 1. The molecular formula is C19H25FN2O5. The first-order chi connectivity index (χ1) is 12.5. The Morgan fingerprint density at radius 2 is 1.96 bits per heavy atom. The van der Waals surface area contributed by atoms with Gasteiger partial charge in [-0.25, -0.2) is 14.0 Å². The van der Waals surface area contributed by atoms with Crippen LogP contribution in [0.3, 0.4) is 0 Å². The number of allylic oxidation sites excluding steroid dienone is 1. The average molecular weight is 380 g/mol. The zero-order chi connectivity index (χ0) is 20.5. The topological polar surface area (TPSA) is 96.9 Å². The van der Waals surface area contributed by atoms with Gasteiger partial charge in [0.25, 0.3) is 0 Å². The number of hydrogen-bond donors (Lipinski definition) is 3. The maximum absolute atomic E-state index is 14.1. The van der Waals surface area contributed by atoms with Crippen LogP contribution in [-0.2, 0) is 9.53 Å². The van der Waals surface area contributed by atoms with Gasteiger partial charge in [-0.1, -0.05) is 20.8 Å². The van der Waals surface area contributed by atoms with E-state index in [1.807, 2.05) is 20.8 Å². The third-order valence-corrected chi connectivity index (χ3v) is 4.60. The molecule has 0 fully saturated rings. The van der Waals surface area contributed by atoms with Gasteiger partial charge in [0.1, 0.15) is 6.10 Å². The molecule has 2 unspecified atom stereocenters. The Labute approximate surface area is 157 Å². The van der Waals surface area contributed by atoms with Crippen molar-refractivity contribution in [1.29, 1.82) is 0 Å². The van der Waals surface area contributed by atoms with Crippen LogP contribution in [0.4, 0.5) is 9.18 Å². The van der Waals surface area contributed by atoms with E-state index in [-0.39, 0.29) is 22.3 Å². The third-order valence-electron chi connectivity index (χ3n) is 4.60. The maximum atomic E-state index is 14.1. The average Bonchev–Trinajstić information content (AvgIpc) is 2.55. The van der Waals surface area contributed by atoms with Crippen LogP contribution in [0.5, 0.6) is 11.5 Å². The summed E-state index contributed by atoms with van der Waals surface area (Å²) in [7, 11) is 1.28. The van der Waals surface area contributed by atoms with E-state index in [4.69, 9.17) is 9.47 Å². The van der Waals surface area contributed by atoms with Crippen molar-refractivity contribution in [3.8, 4) is 11.5 Å². The van der Waals surface area contributed by atoms with Gasteiger partial charge in [0, 0.05) is 5.70 Å². The number of nitrogens with one attached hydrogen (secondary N) is 2. The normalized spacial score (nSPS) is 18.5. The summed E-state index contributed by atoms with van der Waals surface area (Å²) in [5.41, 5.74) is 0.422. The summed E-state index contributed by atoms with van der Waals surface area (Å²) in [5.74, 6) is -2.30. The molecule has 1 aromatic carbocycles. The monoisotopic (exact) mass is 380 g/mol. The molecule has 1 aliphatic heterocycles. The van der Waals surface area contributed by atoms with Crippen molar-refractivity contribution in [3.05, 3.63) is 34.8 Å². The Morgan fingerprint density at radius 1 is 1.33 bits per heavy atom. The molecule has 27 heavy (non-hydrogen) atoms. The fourth-order valence-corrected chi connectivity index (χ4v) is 2.53. The molecule has 0 saturated heterocycles. The lowest BCUT2D eigenvalue weighted by molar-refractivity contribution is -0.149. The lowest BCUT2D eigenvalue weighted by Crippen LogP contribution is -2.46. The van der Waals surface area contributed by atoms with Crippen molar-refractivity contribution in [3.63, 3.8) is 0 Å². The van der Waals surface area contributed by atoms with Gasteiger partial charge < -0.3 is 25.2 Å². The molecule has 0 spiro atoms. The van der Waals surface area contributed by atoms with Gasteiger partial charge in [0.15, 0.2) is 17.3 Å². The molecule has 3 N–H and O–H groups in total. The van der Waals surface area contributed by atoms with E-state index >= 15 is 0 Å². The van der Waals surface area contributed by atoms with E-state index in [9.17, 15) is 19.1 Å². The summed E-state index contributed by atoms with van der Waals surface area (Å²) in [4.78, 5) is 24.7. The SMILES string of the molecule is COc1cc(C2NC(=O)NC(C)=C2C(=O)OC(C)C(C)(C)C)cc(F)c1O. The van der Waals surface area contributed by atoms with Crippen LogP contribution in [0.25, 0.3) is 0 Å². The number of carbonyl (C=O) groups is 2. The lowest BCUT2D eigenvalue weighted by atomic mass is 9.90. The molecule has 7 nitrogen and oxygen atoms in total. The van der Waals surface area contributed by atoms with Crippen LogP contribution < -0.4 is 15.4 Å². The van der Waals surface area contributed by atoms with Crippen LogP contribution in [0.15, 0.2) is 23.4 Å². The minimum absolute atomic E-state index is 0.105. The smallest absolute Gasteiger partial charge is 0.338 e. The second-order valence-corrected chi connectivity index (χ2v) is 7.54. The van der Waals surface area contributed by atoms with Crippen LogP contribution in [0.2, 0.25) is 0 Å². The largest absolute Gasteiger partial charge is 0.502 e. The van der Waals surface area contributed by atoms with E-state index in [1.165, 1.54) is 13.2 Å². The van der Waals surface area contributed by atoms with Crippen molar-refractivity contribution in [2.75, 3.05) is 7.11 Å².